The van der Waals surface area contributed by atoms with Gasteiger partial charge in [0, 0.05) is 35.6 Å². The van der Waals surface area contributed by atoms with Gasteiger partial charge in [0.25, 0.3) is 0 Å². The van der Waals surface area contributed by atoms with Crippen LogP contribution in [0, 0.1) is 0 Å². The Morgan fingerprint density at radius 2 is 1.70 bits per heavy atom. The van der Waals surface area contributed by atoms with Crippen molar-refractivity contribution in [3.8, 4) is 0 Å². The summed E-state index contributed by atoms with van der Waals surface area (Å²) in [6.07, 6.45) is 6.77. The van der Waals surface area contributed by atoms with Crippen LogP contribution in [0.15, 0.2) is 48.5 Å². The summed E-state index contributed by atoms with van der Waals surface area (Å²) in [5.74, 6) is -0.406. The standard InChI is InChI=1S/C27H35Cl2N3O4S/c1-20(27(34)30-24-10-4-3-5-11-24)31(19-21-8-6-9-23(29)18-21)26(33)12-7-17-32(37(2,35)36)25-15-13-22(28)14-16-25/h6,8-9,13-16,18,20,24H,3-5,7,10-12,17,19H2,1-2H3,(H,30,34)/t20-/m0/s1. The van der Waals surface area contributed by atoms with Crippen LogP contribution in [-0.4, -0.2) is 50.0 Å². The molecule has 0 spiro atoms. The molecule has 1 saturated carbocycles. The third-order valence-corrected chi connectivity index (χ3v) is 8.31. The quantitative estimate of drug-likeness (QED) is 0.393. The summed E-state index contributed by atoms with van der Waals surface area (Å²) in [6.45, 7) is 2.09. The number of hydrogen-bond donors (Lipinski definition) is 1. The van der Waals surface area contributed by atoms with E-state index in [-0.39, 0.29) is 43.8 Å². The summed E-state index contributed by atoms with van der Waals surface area (Å²) in [4.78, 5) is 28.1. The summed E-state index contributed by atoms with van der Waals surface area (Å²) in [5, 5.41) is 4.17. The van der Waals surface area contributed by atoms with E-state index in [0.717, 1.165) is 37.5 Å². The molecule has 0 heterocycles. The van der Waals surface area contributed by atoms with Gasteiger partial charge in [-0.25, -0.2) is 8.42 Å². The summed E-state index contributed by atoms with van der Waals surface area (Å²) < 4.78 is 26.1. The van der Waals surface area contributed by atoms with Crippen LogP contribution >= 0.6 is 23.2 Å². The lowest BCUT2D eigenvalue weighted by molar-refractivity contribution is -0.141. The number of carbonyl (C=O) groups excluding carboxylic acids is 2. The van der Waals surface area contributed by atoms with Gasteiger partial charge in [-0.2, -0.15) is 0 Å². The van der Waals surface area contributed by atoms with Crippen LogP contribution in [0.1, 0.15) is 57.4 Å². The van der Waals surface area contributed by atoms with E-state index in [2.05, 4.69) is 5.32 Å². The molecule has 0 saturated heterocycles. The molecule has 0 radical (unpaired) electrons. The minimum atomic E-state index is -3.56. The predicted molar refractivity (Wildman–Crippen MR) is 149 cm³/mol. The first-order chi connectivity index (χ1) is 17.5. The highest BCUT2D eigenvalue weighted by Crippen LogP contribution is 2.22. The van der Waals surface area contributed by atoms with Gasteiger partial charge in [-0.15, -0.1) is 0 Å². The van der Waals surface area contributed by atoms with Crippen molar-refractivity contribution in [1.82, 2.24) is 10.2 Å². The fourth-order valence-corrected chi connectivity index (χ4v) is 5.90. The fourth-order valence-electron chi connectivity index (χ4n) is 4.59. The Bertz CT molecular complexity index is 1170. The zero-order chi connectivity index (χ0) is 27.0. The van der Waals surface area contributed by atoms with Gasteiger partial charge in [-0.05, 0) is 68.1 Å². The second kappa shape index (κ2) is 13.5. The van der Waals surface area contributed by atoms with Crippen molar-refractivity contribution in [2.24, 2.45) is 0 Å². The molecule has 1 N–H and O–H groups in total. The van der Waals surface area contributed by atoms with E-state index in [1.54, 1.807) is 48.2 Å². The first-order valence-corrected chi connectivity index (χ1v) is 15.2. The van der Waals surface area contributed by atoms with Gasteiger partial charge in [-0.3, -0.25) is 13.9 Å². The van der Waals surface area contributed by atoms with Gasteiger partial charge in [0.15, 0.2) is 0 Å². The van der Waals surface area contributed by atoms with Crippen molar-refractivity contribution in [1.29, 1.82) is 0 Å². The Kier molecular flexibility index (Phi) is 10.7. The number of sulfonamides is 1. The van der Waals surface area contributed by atoms with E-state index >= 15 is 0 Å². The van der Waals surface area contributed by atoms with Gasteiger partial charge < -0.3 is 10.2 Å². The van der Waals surface area contributed by atoms with Crippen LogP contribution in [0.2, 0.25) is 10.0 Å². The molecule has 202 valence electrons. The van der Waals surface area contributed by atoms with Crippen molar-refractivity contribution >= 4 is 50.7 Å². The SMILES string of the molecule is C[C@@H](C(=O)NC1CCCCC1)N(Cc1cccc(Cl)c1)C(=O)CCCN(c1ccc(Cl)cc1)S(C)(=O)=O. The lowest BCUT2D eigenvalue weighted by atomic mass is 9.95. The number of nitrogens with zero attached hydrogens (tertiary/aromatic N) is 2. The molecule has 10 heteroatoms. The van der Waals surface area contributed by atoms with Gasteiger partial charge in [0.05, 0.1) is 11.9 Å². The molecular formula is C27H35Cl2N3O4S. The lowest BCUT2D eigenvalue weighted by Crippen LogP contribution is -2.50. The monoisotopic (exact) mass is 567 g/mol. The molecule has 7 nitrogen and oxygen atoms in total. The maximum Gasteiger partial charge on any atom is 0.242 e. The van der Waals surface area contributed by atoms with Crippen molar-refractivity contribution in [2.45, 2.75) is 70.5 Å². The van der Waals surface area contributed by atoms with Crippen LogP contribution in [0.25, 0.3) is 0 Å². The largest absolute Gasteiger partial charge is 0.352 e. The minimum absolute atomic E-state index is 0.0845. The molecule has 2 amide bonds. The molecule has 1 aliphatic carbocycles. The Morgan fingerprint density at radius 3 is 2.32 bits per heavy atom. The average molecular weight is 569 g/mol. The second-order valence-corrected chi connectivity index (χ2v) is 12.4. The number of hydrogen-bond acceptors (Lipinski definition) is 4. The Labute approximate surface area is 230 Å². The topological polar surface area (TPSA) is 86.8 Å². The zero-order valence-electron chi connectivity index (χ0n) is 21.3. The highest BCUT2D eigenvalue weighted by molar-refractivity contribution is 7.92. The van der Waals surface area contributed by atoms with Crippen molar-refractivity contribution < 1.29 is 18.0 Å². The summed E-state index contributed by atoms with van der Waals surface area (Å²) >= 11 is 12.1. The van der Waals surface area contributed by atoms with Crippen LogP contribution in [-0.2, 0) is 26.2 Å². The van der Waals surface area contributed by atoms with Crippen LogP contribution in [0.5, 0.6) is 0 Å². The van der Waals surface area contributed by atoms with Crippen molar-refractivity contribution in [3.63, 3.8) is 0 Å². The number of rotatable bonds is 11. The molecule has 1 fully saturated rings. The van der Waals surface area contributed by atoms with E-state index in [9.17, 15) is 18.0 Å². The average Bonchev–Trinajstić information content (AvgIpc) is 2.85. The van der Waals surface area contributed by atoms with Gasteiger partial charge in [-0.1, -0.05) is 54.6 Å². The first-order valence-electron chi connectivity index (χ1n) is 12.6. The molecule has 3 rings (SSSR count). The Hall–Kier alpha value is -2.29. The van der Waals surface area contributed by atoms with Crippen LogP contribution in [0.3, 0.4) is 0 Å². The normalized spacial score (nSPS) is 15.1. The number of halogens is 2. The lowest BCUT2D eigenvalue weighted by Gasteiger charge is -2.31. The third kappa shape index (κ3) is 8.90. The Morgan fingerprint density at radius 1 is 1.03 bits per heavy atom. The Balaban J connectivity index is 1.71. The molecule has 0 aliphatic heterocycles. The number of nitrogens with one attached hydrogen (secondary N) is 1. The molecule has 2 aromatic carbocycles. The smallest absolute Gasteiger partial charge is 0.242 e. The predicted octanol–water partition coefficient (Wildman–Crippen LogP) is 5.41. The van der Waals surface area contributed by atoms with E-state index in [1.165, 1.54) is 10.7 Å². The number of carbonyl (C=O) groups is 2. The first kappa shape index (κ1) is 29.3. The molecule has 37 heavy (non-hydrogen) atoms. The van der Waals surface area contributed by atoms with E-state index in [1.807, 2.05) is 12.1 Å². The van der Waals surface area contributed by atoms with E-state index in [0.29, 0.717) is 15.7 Å². The van der Waals surface area contributed by atoms with Crippen molar-refractivity contribution in [3.05, 3.63) is 64.1 Å². The summed E-state index contributed by atoms with van der Waals surface area (Å²) in [7, 11) is -3.56. The van der Waals surface area contributed by atoms with Crippen LogP contribution in [0.4, 0.5) is 5.69 Å². The molecular weight excluding hydrogens is 533 g/mol. The molecule has 0 bridgehead atoms. The molecule has 0 aromatic heterocycles. The van der Waals surface area contributed by atoms with Gasteiger partial charge in [0.2, 0.25) is 21.8 Å². The number of amides is 2. The highest BCUT2D eigenvalue weighted by Gasteiger charge is 2.28. The number of anilines is 1. The van der Waals surface area contributed by atoms with Gasteiger partial charge >= 0.3 is 0 Å². The van der Waals surface area contributed by atoms with E-state index < -0.39 is 16.1 Å². The molecule has 2 aromatic rings. The second-order valence-electron chi connectivity index (χ2n) is 9.59. The fraction of sp³-hybridized carbons (Fsp3) is 0.481. The molecule has 1 atom stereocenters. The maximum absolute atomic E-state index is 13.4. The molecule has 1 aliphatic rings. The van der Waals surface area contributed by atoms with Crippen molar-refractivity contribution in [2.75, 3.05) is 17.1 Å². The number of benzene rings is 2. The molecule has 0 unspecified atom stereocenters. The maximum atomic E-state index is 13.4. The van der Waals surface area contributed by atoms with E-state index in [4.69, 9.17) is 23.2 Å². The highest BCUT2D eigenvalue weighted by atomic mass is 35.5. The summed E-state index contributed by atoms with van der Waals surface area (Å²) in [5.41, 5.74) is 1.30. The zero-order valence-corrected chi connectivity index (χ0v) is 23.7. The minimum Gasteiger partial charge on any atom is -0.352 e. The third-order valence-electron chi connectivity index (χ3n) is 6.63. The van der Waals surface area contributed by atoms with Crippen LogP contribution < -0.4 is 9.62 Å². The summed E-state index contributed by atoms with van der Waals surface area (Å²) in [6, 6.07) is 13.2. The van der Waals surface area contributed by atoms with Gasteiger partial charge in [0.1, 0.15) is 6.04 Å².